The van der Waals surface area contributed by atoms with Gasteiger partial charge in [-0.1, -0.05) is 158 Å². The van der Waals surface area contributed by atoms with E-state index in [2.05, 4.69) is 123 Å². The monoisotopic (exact) mass is 1030 g/mol. The summed E-state index contributed by atoms with van der Waals surface area (Å²) in [7, 11) is 0. The fourth-order valence-electron chi connectivity index (χ4n) is 9.10. The maximum atomic E-state index is 11.5. The number of para-hydroxylation sites is 2. The molecule has 0 saturated heterocycles. The fraction of sp³-hybridized carbons (Fsp3) is 0.288. The van der Waals surface area contributed by atoms with Gasteiger partial charge in [-0.05, 0) is 124 Å². The van der Waals surface area contributed by atoms with E-state index in [9.17, 15) is 9.22 Å². The molecule has 1 N–H and O–H groups in total. The normalized spacial score (nSPS) is 13.0. The minimum absolute atomic E-state index is 0. The molecule has 0 amide bonds. The summed E-state index contributed by atoms with van der Waals surface area (Å²) in [5.41, 5.74) is 13.2. The number of nitrogens with zero attached hydrogens (tertiary/aromatic N) is 3. The smallest absolute Gasteiger partial charge is 0.148 e. The van der Waals surface area contributed by atoms with Gasteiger partial charge in [-0.15, -0.1) is 29.3 Å². The summed E-state index contributed by atoms with van der Waals surface area (Å²) in [6, 6.07) is 48.3. The molecule has 0 saturated carbocycles. The van der Waals surface area contributed by atoms with Crippen molar-refractivity contribution in [1.29, 1.82) is 0 Å². The standard InChI is InChI=1S/C59H62N3O.Pt/c1-11-58(9,12-2)48-26-21-27-49(59(10,13-3)14-4)54(48)42-30-31-51(39(5)34-42)62-52-28-20-25-46(55(52)61-56(62)47-24-18-19-29-53(47)63)43-35-44(37-45(36-43)57(6,7)8)50-38-41(32-33-60-50)40-22-16-15-17-23-40;/h15-34,36-38,63H,11-14H2,1-10H3;/q-1;/i5D3;. The predicted molar refractivity (Wildman–Crippen MR) is 266 cm³/mol. The van der Waals surface area contributed by atoms with E-state index in [0.717, 1.165) is 75.9 Å². The van der Waals surface area contributed by atoms with E-state index >= 15 is 0 Å². The van der Waals surface area contributed by atoms with Gasteiger partial charge in [-0.2, -0.15) is 0 Å². The average molecular weight is 1030 g/mol. The van der Waals surface area contributed by atoms with E-state index in [0.29, 0.717) is 28.1 Å². The zero-order valence-electron chi connectivity index (χ0n) is 41.7. The van der Waals surface area contributed by atoms with Gasteiger partial charge in [-0.3, -0.25) is 9.55 Å². The maximum absolute atomic E-state index is 11.5. The molecule has 330 valence electrons. The Morgan fingerprint density at radius 2 is 1.25 bits per heavy atom. The van der Waals surface area contributed by atoms with Crippen LogP contribution in [0.3, 0.4) is 0 Å². The predicted octanol–water partition coefficient (Wildman–Crippen LogP) is 16.0. The van der Waals surface area contributed by atoms with Crippen molar-refractivity contribution in [2.75, 3.05) is 0 Å². The third kappa shape index (κ3) is 8.55. The van der Waals surface area contributed by atoms with E-state index in [1.807, 2.05) is 77.5 Å². The van der Waals surface area contributed by atoms with Crippen LogP contribution in [0, 0.1) is 12.9 Å². The molecular weight excluding hydrogens is 962 g/mol. The summed E-state index contributed by atoms with van der Waals surface area (Å²) < 4.78 is 29.4. The molecule has 0 radical (unpaired) electrons. The van der Waals surface area contributed by atoms with E-state index in [4.69, 9.17) is 9.97 Å². The van der Waals surface area contributed by atoms with E-state index in [-0.39, 0.29) is 48.6 Å². The SMILES string of the molecule is [2H]C([2H])([2H])c1cc(-c2c(C(C)(CC)CC)cccc2C(C)(CC)CC)ccc1-n1c(-c2ccccc2O)nc2c(-c3[c-]c(-c4cc(-c5ccccc5)ccn4)cc(C(C)(C)C)c3)cccc21.[Pt]. The summed E-state index contributed by atoms with van der Waals surface area (Å²) >= 11 is 0. The first-order valence-electron chi connectivity index (χ1n) is 24.1. The molecule has 0 unspecified atom stereocenters. The number of aromatic hydroxyl groups is 1. The van der Waals surface area contributed by atoms with Crippen LogP contribution in [0.25, 0.3) is 72.7 Å². The Labute approximate surface area is 400 Å². The first kappa shape index (κ1) is 42.4. The van der Waals surface area contributed by atoms with Crippen LogP contribution in [-0.4, -0.2) is 19.6 Å². The van der Waals surface area contributed by atoms with Gasteiger partial charge >= 0.3 is 0 Å². The third-order valence-corrected chi connectivity index (χ3v) is 14.0. The number of benzene rings is 6. The molecule has 4 nitrogen and oxygen atoms in total. The molecule has 0 aliphatic heterocycles. The first-order chi connectivity index (χ1) is 31.4. The Morgan fingerprint density at radius 1 is 0.625 bits per heavy atom. The van der Waals surface area contributed by atoms with E-state index < -0.39 is 6.85 Å². The Balaban J connectivity index is 0.00000666. The molecule has 6 aromatic carbocycles. The maximum Gasteiger partial charge on any atom is 0.148 e. The molecule has 64 heavy (non-hydrogen) atoms. The molecule has 0 spiro atoms. The van der Waals surface area contributed by atoms with Crippen molar-refractivity contribution in [3.8, 4) is 67.5 Å². The summed E-state index contributed by atoms with van der Waals surface area (Å²) in [5.74, 6) is 0.486. The van der Waals surface area contributed by atoms with Crippen LogP contribution in [0.4, 0.5) is 0 Å². The Hall–Kier alpha value is -5.57. The minimum Gasteiger partial charge on any atom is -0.507 e. The second-order valence-electron chi connectivity index (χ2n) is 18.7. The molecule has 0 aliphatic rings. The average Bonchev–Trinajstić information content (AvgIpc) is 3.72. The largest absolute Gasteiger partial charge is 0.507 e. The van der Waals surface area contributed by atoms with Crippen LogP contribution < -0.4 is 0 Å². The Kier molecular flexibility index (Phi) is 12.2. The van der Waals surface area contributed by atoms with Crippen LogP contribution in [0.5, 0.6) is 5.75 Å². The Bertz CT molecular complexity index is 3010. The molecule has 5 heteroatoms. The number of imidazole rings is 1. The molecule has 2 heterocycles. The molecule has 0 aliphatic carbocycles. The number of phenols is 1. The van der Waals surface area contributed by atoms with Crippen molar-refractivity contribution in [2.45, 2.75) is 111 Å². The third-order valence-electron chi connectivity index (χ3n) is 14.0. The molecule has 8 aromatic rings. The minimum atomic E-state index is -2.51. The number of fused-ring (bicyclic) bond motifs is 1. The van der Waals surface area contributed by atoms with Gasteiger partial charge in [0.1, 0.15) is 11.6 Å². The number of aryl methyl sites for hydroxylation is 1. The first-order valence-corrected chi connectivity index (χ1v) is 22.6. The second kappa shape index (κ2) is 18.5. The van der Waals surface area contributed by atoms with Gasteiger partial charge in [0.05, 0.1) is 22.3 Å². The van der Waals surface area contributed by atoms with Crippen molar-refractivity contribution in [3.05, 3.63) is 168 Å². The Morgan fingerprint density at radius 3 is 1.89 bits per heavy atom. The number of pyridine rings is 1. The quantitative estimate of drug-likeness (QED) is 0.124. The van der Waals surface area contributed by atoms with Crippen LogP contribution in [0.15, 0.2) is 140 Å². The fourth-order valence-corrected chi connectivity index (χ4v) is 9.10. The van der Waals surface area contributed by atoms with Gasteiger partial charge in [0.2, 0.25) is 0 Å². The van der Waals surface area contributed by atoms with Gasteiger partial charge in [-0.25, -0.2) is 4.98 Å². The van der Waals surface area contributed by atoms with Gasteiger partial charge in [0.25, 0.3) is 0 Å². The van der Waals surface area contributed by atoms with Crippen LogP contribution in [-0.2, 0) is 37.3 Å². The van der Waals surface area contributed by atoms with E-state index in [1.54, 1.807) is 12.1 Å². The summed E-state index contributed by atoms with van der Waals surface area (Å²) in [6.07, 6.45) is 5.63. The second-order valence-corrected chi connectivity index (χ2v) is 18.7. The molecule has 2 aromatic heterocycles. The van der Waals surface area contributed by atoms with Crippen LogP contribution in [0.1, 0.15) is 114 Å². The number of hydrogen-bond acceptors (Lipinski definition) is 3. The van der Waals surface area contributed by atoms with Gasteiger partial charge in [0.15, 0.2) is 0 Å². The molecule has 8 rings (SSSR count). The van der Waals surface area contributed by atoms with Crippen molar-refractivity contribution in [1.82, 2.24) is 14.5 Å². The summed E-state index contributed by atoms with van der Waals surface area (Å²) in [6.45, 7) is 17.7. The summed E-state index contributed by atoms with van der Waals surface area (Å²) in [5, 5.41) is 11.5. The number of hydrogen-bond donors (Lipinski definition) is 1. The van der Waals surface area contributed by atoms with Gasteiger partial charge in [0, 0.05) is 37.1 Å². The van der Waals surface area contributed by atoms with Crippen LogP contribution in [0.2, 0.25) is 0 Å². The zero-order chi connectivity index (χ0) is 47.2. The molecule has 0 atom stereocenters. The topological polar surface area (TPSA) is 50.9 Å². The number of phenolic OH excluding ortho intramolecular Hbond substituents is 1. The van der Waals surface area contributed by atoms with Crippen molar-refractivity contribution in [2.24, 2.45) is 0 Å². The molecular formula is C59H62N3OPt-. The molecule has 0 bridgehead atoms. The zero-order valence-corrected chi connectivity index (χ0v) is 41.0. The van der Waals surface area contributed by atoms with Crippen molar-refractivity contribution < 1.29 is 30.3 Å². The number of rotatable bonds is 12. The van der Waals surface area contributed by atoms with Crippen LogP contribution >= 0.6 is 0 Å². The van der Waals surface area contributed by atoms with Crippen molar-refractivity contribution in [3.63, 3.8) is 0 Å². The van der Waals surface area contributed by atoms with Crippen molar-refractivity contribution >= 4 is 11.0 Å². The molecule has 0 fully saturated rings. The summed E-state index contributed by atoms with van der Waals surface area (Å²) in [4.78, 5) is 10.2. The van der Waals surface area contributed by atoms with Gasteiger partial charge < -0.3 is 5.11 Å². The number of aromatic nitrogens is 3. The van der Waals surface area contributed by atoms with E-state index in [1.165, 1.54) is 11.1 Å².